The van der Waals surface area contributed by atoms with E-state index in [-0.39, 0.29) is 5.41 Å². The van der Waals surface area contributed by atoms with Gasteiger partial charge in [-0.15, -0.1) is 0 Å². The van der Waals surface area contributed by atoms with Crippen LogP contribution in [0.5, 0.6) is 11.5 Å². The first kappa shape index (κ1) is 17.5. The van der Waals surface area contributed by atoms with Crippen molar-refractivity contribution < 1.29 is 14.1 Å². The lowest BCUT2D eigenvalue weighted by Crippen LogP contribution is -2.31. The Morgan fingerprint density at radius 1 is 1.12 bits per heavy atom. The highest BCUT2D eigenvalue weighted by molar-refractivity contribution is 5.97. The zero-order valence-corrected chi connectivity index (χ0v) is 14.8. The van der Waals surface area contributed by atoms with E-state index in [2.05, 4.69) is 10.1 Å². The summed E-state index contributed by atoms with van der Waals surface area (Å²) in [6.07, 6.45) is 3.27. The Morgan fingerprint density at radius 2 is 1.85 bits per heavy atom. The Morgan fingerprint density at radius 3 is 2.46 bits per heavy atom. The van der Waals surface area contributed by atoms with Crippen molar-refractivity contribution in [2.45, 2.75) is 26.2 Å². The Labute approximate surface area is 151 Å². The summed E-state index contributed by atoms with van der Waals surface area (Å²) >= 11 is 0. The van der Waals surface area contributed by atoms with E-state index in [4.69, 9.17) is 15.0 Å². The molecule has 2 aromatic heterocycles. The number of amides is 2. The molecule has 0 spiro atoms. The van der Waals surface area contributed by atoms with Gasteiger partial charge in [-0.2, -0.15) is 0 Å². The third-order valence-electron chi connectivity index (χ3n) is 3.65. The number of nitrogens with two attached hydrogens (primary N) is 1. The van der Waals surface area contributed by atoms with Gasteiger partial charge in [-0.3, -0.25) is 4.98 Å². The van der Waals surface area contributed by atoms with Gasteiger partial charge in [0.25, 0.3) is 0 Å². The summed E-state index contributed by atoms with van der Waals surface area (Å²) in [6.45, 7) is 5.99. The number of aromatic nitrogens is 2. The third kappa shape index (κ3) is 3.83. The summed E-state index contributed by atoms with van der Waals surface area (Å²) in [5.74, 6) is 2.17. The van der Waals surface area contributed by atoms with Gasteiger partial charge in [0.2, 0.25) is 0 Å². The number of carbonyl (C=O) groups is 1. The summed E-state index contributed by atoms with van der Waals surface area (Å²) in [4.78, 5) is 17.3. The summed E-state index contributed by atoms with van der Waals surface area (Å²) in [5, 5.41) is 4.00. The maximum absolute atomic E-state index is 12.0. The van der Waals surface area contributed by atoms with E-state index >= 15 is 0 Å². The van der Waals surface area contributed by atoms with Gasteiger partial charge in [0, 0.05) is 29.9 Å². The molecular weight excluding hydrogens is 332 g/mol. The average molecular weight is 352 g/mol. The number of hydrogen-bond acceptors (Lipinski definition) is 5. The van der Waals surface area contributed by atoms with Crippen molar-refractivity contribution in [3.63, 3.8) is 0 Å². The Balaban J connectivity index is 1.92. The summed E-state index contributed by atoms with van der Waals surface area (Å²) < 4.78 is 11.2. The van der Waals surface area contributed by atoms with Gasteiger partial charge in [-0.1, -0.05) is 32.0 Å². The average Bonchev–Trinajstić information content (AvgIpc) is 3.06. The molecule has 0 bridgehead atoms. The number of hydrogen-bond donors (Lipinski definition) is 1. The molecule has 0 atom stereocenters. The van der Waals surface area contributed by atoms with Gasteiger partial charge < -0.3 is 15.0 Å². The lowest BCUT2D eigenvalue weighted by Gasteiger charge is -2.18. The molecule has 2 heterocycles. The Hall–Kier alpha value is -3.35. The van der Waals surface area contributed by atoms with Crippen molar-refractivity contribution in [3.05, 3.63) is 60.6 Å². The van der Waals surface area contributed by atoms with Crippen molar-refractivity contribution >= 4 is 17.5 Å². The predicted molar refractivity (Wildman–Crippen MR) is 97.7 cm³/mol. The Bertz CT molecular complexity index is 900. The summed E-state index contributed by atoms with van der Waals surface area (Å²) in [5.41, 5.74) is 5.87. The van der Waals surface area contributed by atoms with Gasteiger partial charge in [-0.05, 0) is 24.3 Å². The highest BCUT2D eigenvalue weighted by Crippen LogP contribution is 2.32. The SMILES string of the molecule is CC(C)(C)c1cc(N(C(N)=O)c2cccc(Oc3ccncc3)c2)no1. The fourth-order valence-corrected chi connectivity index (χ4v) is 2.33. The predicted octanol–water partition coefficient (Wildman–Crippen LogP) is 4.38. The highest BCUT2D eigenvalue weighted by atomic mass is 16.5. The highest BCUT2D eigenvalue weighted by Gasteiger charge is 2.25. The quantitative estimate of drug-likeness (QED) is 0.752. The molecule has 26 heavy (non-hydrogen) atoms. The normalized spacial score (nSPS) is 11.2. The molecule has 1 aromatic carbocycles. The maximum Gasteiger partial charge on any atom is 0.325 e. The number of carbonyl (C=O) groups excluding carboxylic acids is 1. The first-order chi connectivity index (χ1) is 12.3. The molecule has 2 N–H and O–H groups in total. The van der Waals surface area contributed by atoms with Crippen LogP contribution in [0.2, 0.25) is 0 Å². The van der Waals surface area contributed by atoms with E-state index in [1.165, 1.54) is 4.90 Å². The lowest BCUT2D eigenvalue weighted by atomic mass is 9.93. The first-order valence-corrected chi connectivity index (χ1v) is 8.09. The molecule has 0 unspecified atom stereocenters. The van der Waals surface area contributed by atoms with Gasteiger partial charge in [0.05, 0.1) is 5.69 Å². The number of ether oxygens (including phenoxy) is 1. The molecule has 134 valence electrons. The van der Waals surface area contributed by atoms with E-state index < -0.39 is 6.03 Å². The fourth-order valence-electron chi connectivity index (χ4n) is 2.33. The van der Waals surface area contributed by atoms with Crippen LogP contribution in [0.1, 0.15) is 26.5 Å². The van der Waals surface area contributed by atoms with Gasteiger partial charge >= 0.3 is 6.03 Å². The molecule has 0 aliphatic rings. The van der Waals surface area contributed by atoms with E-state index in [9.17, 15) is 4.79 Å². The van der Waals surface area contributed by atoms with E-state index in [1.54, 1.807) is 54.9 Å². The smallest absolute Gasteiger partial charge is 0.325 e. The molecule has 0 radical (unpaired) electrons. The second-order valence-electron chi connectivity index (χ2n) is 6.76. The summed E-state index contributed by atoms with van der Waals surface area (Å²) in [6, 6.07) is 11.5. The summed E-state index contributed by atoms with van der Waals surface area (Å²) in [7, 11) is 0. The molecule has 7 heteroatoms. The van der Waals surface area contributed by atoms with Crippen molar-refractivity contribution in [1.82, 2.24) is 10.1 Å². The fraction of sp³-hybridized carbons (Fsp3) is 0.211. The number of pyridine rings is 1. The molecule has 0 saturated heterocycles. The van der Waals surface area contributed by atoms with Crippen LogP contribution >= 0.6 is 0 Å². The number of anilines is 2. The first-order valence-electron chi connectivity index (χ1n) is 8.09. The minimum atomic E-state index is -0.667. The van der Waals surface area contributed by atoms with Crippen molar-refractivity contribution in [2.24, 2.45) is 5.73 Å². The van der Waals surface area contributed by atoms with Crippen molar-refractivity contribution in [2.75, 3.05) is 4.90 Å². The molecule has 0 saturated carbocycles. The molecule has 2 amide bonds. The molecular formula is C19H20N4O3. The minimum Gasteiger partial charge on any atom is -0.457 e. The van der Waals surface area contributed by atoms with Crippen LogP contribution in [0.4, 0.5) is 16.3 Å². The lowest BCUT2D eigenvalue weighted by molar-refractivity contribution is 0.255. The third-order valence-corrected chi connectivity index (χ3v) is 3.65. The van der Waals surface area contributed by atoms with Crippen LogP contribution in [0.25, 0.3) is 0 Å². The van der Waals surface area contributed by atoms with Gasteiger partial charge in [0.1, 0.15) is 17.3 Å². The van der Waals surface area contributed by atoms with Crippen LogP contribution in [-0.4, -0.2) is 16.2 Å². The zero-order chi connectivity index (χ0) is 18.7. The monoisotopic (exact) mass is 352 g/mol. The number of urea groups is 1. The molecule has 0 fully saturated rings. The molecule has 7 nitrogen and oxygen atoms in total. The standard InChI is InChI=1S/C19H20N4O3/c1-19(2,3)16-12-17(22-26-16)23(18(20)24)13-5-4-6-15(11-13)25-14-7-9-21-10-8-14/h4-12H,1-3H3,(H2,20,24). The van der Waals surface area contributed by atoms with Gasteiger partial charge in [0.15, 0.2) is 5.82 Å². The van der Waals surface area contributed by atoms with Crippen LogP contribution in [-0.2, 0) is 5.41 Å². The van der Waals surface area contributed by atoms with Crippen molar-refractivity contribution in [1.29, 1.82) is 0 Å². The van der Waals surface area contributed by atoms with Crippen LogP contribution in [0.3, 0.4) is 0 Å². The van der Waals surface area contributed by atoms with Crippen LogP contribution in [0.15, 0.2) is 59.4 Å². The number of rotatable bonds is 4. The van der Waals surface area contributed by atoms with Crippen LogP contribution in [0, 0.1) is 0 Å². The topological polar surface area (TPSA) is 94.5 Å². The largest absolute Gasteiger partial charge is 0.457 e. The van der Waals surface area contributed by atoms with Crippen LogP contribution < -0.4 is 15.4 Å². The van der Waals surface area contributed by atoms with E-state index in [0.717, 1.165) is 0 Å². The number of nitrogens with zero attached hydrogens (tertiary/aromatic N) is 3. The number of benzene rings is 1. The molecule has 3 rings (SSSR count). The van der Waals surface area contributed by atoms with Crippen molar-refractivity contribution in [3.8, 4) is 11.5 Å². The van der Waals surface area contributed by atoms with E-state index in [1.807, 2.05) is 20.8 Å². The van der Waals surface area contributed by atoms with E-state index in [0.29, 0.717) is 28.8 Å². The van der Waals surface area contributed by atoms with Gasteiger partial charge in [-0.25, -0.2) is 9.69 Å². The minimum absolute atomic E-state index is 0.235. The second-order valence-corrected chi connectivity index (χ2v) is 6.76. The maximum atomic E-state index is 12.0. The second kappa shape index (κ2) is 6.87. The molecule has 0 aliphatic carbocycles. The molecule has 3 aromatic rings. The Kier molecular flexibility index (Phi) is 4.62. The number of primary amides is 1. The molecule has 0 aliphatic heterocycles. The zero-order valence-electron chi connectivity index (χ0n) is 14.8.